The fourth-order valence-electron chi connectivity index (χ4n) is 3.09. The Balaban J connectivity index is 2.22. The third-order valence-electron chi connectivity index (χ3n) is 4.03. The van der Waals surface area contributed by atoms with E-state index in [2.05, 4.69) is 18.5 Å². The quantitative estimate of drug-likeness (QED) is 0.852. The van der Waals surface area contributed by atoms with Gasteiger partial charge < -0.3 is 5.73 Å². The van der Waals surface area contributed by atoms with Crippen LogP contribution in [-0.2, 0) is 25.9 Å². The number of hydrogen-bond acceptors (Lipinski definition) is 2. The highest BCUT2D eigenvalue weighted by Gasteiger charge is 2.20. The minimum Gasteiger partial charge on any atom is -0.326 e. The van der Waals surface area contributed by atoms with E-state index in [1.165, 1.54) is 42.6 Å². The van der Waals surface area contributed by atoms with Crippen LogP contribution in [0.15, 0.2) is 0 Å². The molecule has 0 aliphatic heterocycles. The summed E-state index contributed by atoms with van der Waals surface area (Å²) in [6, 6.07) is 0. The van der Waals surface area contributed by atoms with Gasteiger partial charge in [-0.3, -0.25) is 4.68 Å². The fraction of sp³-hybridized carbons (Fsp3) is 0.786. The average Bonchev–Trinajstić information content (AvgIpc) is 2.96. The molecule has 17 heavy (non-hydrogen) atoms. The Labute approximate surface area is 104 Å². The molecule has 0 radical (unpaired) electrons. The second kappa shape index (κ2) is 5.67. The van der Waals surface area contributed by atoms with E-state index in [4.69, 9.17) is 10.8 Å². The van der Waals surface area contributed by atoms with Crippen LogP contribution in [0.2, 0.25) is 0 Å². The van der Waals surface area contributed by atoms with Crippen LogP contribution in [0.25, 0.3) is 0 Å². The largest absolute Gasteiger partial charge is 0.326 e. The number of aromatic nitrogens is 2. The summed E-state index contributed by atoms with van der Waals surface area (Å²) in [5, 5.41) is 4.77. The first-order chi connectivity index (χ1) is 8.30. The molecule has 1 saturated carbocycles. The van der Waals surface area contributed by atoms with Crippen LogP contribution in [0.4, 0.5) is 0 Å². The van der Waals surface area contributed by atoms with Crippen molar-refractivity contribution < 1.29 is 0 Å². The van der Waals surface area contributed by atoms with E-state index in [1.54, 1.807) is 0 Å². The molecule has 2 N–H and O–H groups in total. The molecule has 1 aromatic heterocycles. The standard InChI is InChI=1S/C14H25N3/c1-3-13-12(9-15)14(4-2)17(16-13)10-11-7-5-6-8-11/h11H,3-10,15H2,1-2H3. The lowest BCUT2D eigenvalue weighted by Crippen LogP contribution is -2.12. The molecular formula is C14H25N3. The third kappa shape index (κ3) is 2.54. The molecule has 2 rings (SSSR count). The molecule has 0 unspecified atom stereocenters. The Morgan fingerprint density at radius 1 is 1.24 bits per heavy atom. The van der Waals surface area contributed by atoms with Gasteiger partial charge in [-0.1, -0.05) is 26.7 Å². The maximum absolute atomic E-state index is 5.87. The lowest BCUT2D eigenvalue weighted by Gasteiger charge is -2.12. The highest BCUT2D eigenvalue weighted by atomic mass is 15.3. The summed E-state index contributed by atoms with van der Waals surface area (Å²) in [6.45, 7) is 6.12. The molecule has 1 aliphatic rings. The highest BCUT2D eigenvalue weighted by molar-refractivity contribution is 5.26. The smallest absolute Gasteiger partial charge is 0.0669 e. The number of aryl methyl sites for hydroxylation is 1. The van der Waals surface area contributed by atoms with Crippen molar-refractivity contribution in [2.45, 2.75) is 65.5 Å². The average molecular weight is 235 g/mol. The lowest BCUT2D eigenvalue weighted by atomic mass is 10.1. The maximum atomic E-state index is 5.87. The van der Waals surface area contributed by atoms with Gasteiger partial charge in [-0.2, -0.15) is 5.10 Å². The first-order valence-corrected chi connectivity index (χ1v) is 7.07. The summed E-state index contributed by atoms with van der Waals surface area (Å²) in [7, 11) is 0. The predicted molar refractivity (Wildman–Crippen MR) is 70.8 cm³/mol. The number of rotatable bonds is 5. The van der Waals surface area contributed by atoms with E-state index >= 15 is 0 Å². The predicted octanol–water partition coefficient (Wildman–Crippen LogP) is 2.66. The molecule has 3 heteroatoms. The number of hydrogen-bond donors (Lipinski definition) is 1. The van der Waals surface area contributed by atoms with E-state index in [0.717, 1.165) is 25.3 Å². The molecule has 0 atom stereocenters. The van der Waals surface area contributed by atoms with Gasteiger partial charge in [0.1, 0.15) is 0 Å². The Morgan fingerprint density at radius 2 is 1.94 bits per heavy atom. The molecule has 1 fully saturated rings. The van der Waals surface area contributed by atoms with Crippen LogP contribution in [0.1, 0.15) is 56.5 Å². The summed E-state index contributed by atoms with van der Waals surface area (Å²) >= 11 is 0. The van der Waals surface area contributed by atoms with Gasteiger partial charge >= 0.3 is 0 Å². The van der Waals surface area contributed by atoms with Crippen molar-refractivity contribution in [2.75, 3.05) is 0 Å². The van der Waals surface area contributed by atoms with E-state index < -0.39 is 0 Å². The van der Waals surface area contributed by atoms with Crippen molar-refractivity contribution in [3.8, 4) is 0 Å². The zero-order valence-corrected chi connectivity index (χ0v) is 11.2. The fourth-order valence-corrected chi connectivity index (χ4v) is 3.09. The van der Waals surface area contributed by atoms with Crippen molar-refractivity contribution in [3.63, 3.8) is 0 Å². The van der Waals surface area contributed by atoms with Gasteiger partial charge in [0.25, 0.3) is 0 Å². The van der Waals surface area contributed by atoms with Gasteiger partial charge in [0, 0.05) is 24.3 Å². The van der Waals surface area contributed by atoms with Gasteiger partial charge in [0.05, 0.1) is 5.69 Å². The van der Waals surface area contributed by atoms with Gasteiger partial charge in [0.15, 0.2) is 0 Å². The topological polar surface area (TPSA) is 43.8 Å². The molecule has 0 aromatic carbocycles. The molecule has 1 aliphatic carbocycles. The van der Waals surface area contributed by atoms with Crippen molar-refractivity contribution in [2.24, 2.45) is 11.7 Å². The van der Waals surface area contributed by atoms with Crippen LogP contribution in [0.3, 0.4) is 0 Å². The van der Waals surface area contributed by atoms with Crippen LogP contribution in [-0.4, -0.2) is 9.78 Å². The summed E-state index contributed by atoms with van der Waals surface area (Å²) in [4.78, 5) is 0. The molecule has 1 aromatic rings. The van der Waals surface area contributed by atoms with Crippen molar-refractivity contribution in [3.05, 3.63) is 17.0 Å². The van der Waals surface area contributed by atoms with Crippen LogP contribution < -0.4 is 5.73 Å². The number of nitrogens with zero attached hydrogens (tertiary/aromatic N) is 2. The number of nitrogens with two attached hydrogens (primary N) is 1. The van der Waals surface area contributed by atoms with Crippen LogP contribution >= 0.6 is 0 Å². The van der Waals surface area contributed by atoms with Gasteiger partial charge in [0.2, 0.25) is 0 Å². The first-order valence-electron chi connectivity index (χ1n) is 7.07. The third-order valence-corrected chi connectivity index (χ3v) is 4.03. The zero-order chi connectivity index (χ0) is 12.3. The van der Waals surface area contributed by atoms with Crippen LogP contribution in [0.5, 0.6) is 0 Å². The van der Waals surface area contributed by atoms with Gasteiger partial charge in [-0.05, 0) is 31.6 Å². The molecule has 96 valence electrons. The lowest BCUT2D eigenvalue weighted by molar-refractivity contribution is 0.418. The molecular weight excluding hydrogens is 210 g/mol. The normalized spacial score (nSPS) is 16.9. The minimum atomic E-state index is 0.636. The monoisotopic (exact) mass is 235 g/mol. The molecule has 0 bridgehead atoms. The van der Waals surface area contributed by atoms with E-state index in [0.29, 0.717) is 6.54 Å². The summed E-state index contributed by atoms with van der Waals surface area (Å²) < 4.78 is 2.25. The molecule has 0 amide bonds. The second-order valence-corrected chi connectivity index (χ2v) is 5.12. The summed E-state index contributed by atoms with van der Waals surface area (Å²) in [5.41, 5.74) is 9.75. The van der Waals surface area contributed by atoms with Crippen LogP contribution in [0, 0.1) is 5.92 Å². The molecule has 3 nitrogen and oxygen atoms in total. The Bertz CT molecular complexity index is 362. The second-order valence-electron chi connectivity index (χ2n) is 5.12. The minimum absolute atomic E-state index is 0.636. The van der Waals surface area contributed by atoms with E-state index in [-0.39, 0.29) is 0 Å². The summed E-state index contributed by atoms with van der Waals surface area (Å²) in [5.74, 6) is 0.843. The maximum Gasteiger partial charge on any atom is 0.0669 e. The van der Waals surface area contributed by atoms with Gasteiger partial charge in [-0.25, -0.2) is 0 Å². The van der Waals surface area contributed by atoms with Crippen molar-refractivity contribution in [1.82, 2.24) is 9.78 Å². The Morgan fingerprint density at radius 3 is 2.47 bits per heavy atom. The molecule has 0 saturated heterocycles. The highest BCUT2D eigenvalue weighted by Crippen LogP contribution is 2.27. The van der Waals surface area contributed by atoms with E-state index in [1.807, 2.05) is 0 Å². The molecule has 1 heterocycles. The van der Waals surface area contributed by atoms with Gasteiger partial charge in [-0.15, -0.1) is 0 Å². The Kier molecular flexibility index (Phi) is 4.21. The Hall–Kier alpha value is -0.830. The zero-order valence-electron chi connectivity index (χ0n) is 11.2. The SMILES string of the molecule is CCc1nn(CC2CCCC2)c(CC)c1CN. The van der Waals surface area contributed by atoms with Crippen molar-refractivity contribution in [1.29, 1.82) is 0 Å². The van der Waals surface area contributed by atoms with E-state index in [9.17, 15) is 0 Å². The summed E-state index contributed by atoms with van der Waals surface area (Å²) in [6.07, 6.45) is 7.60. The first kappa shape index (κ1) is 12.6. The van der Waals surface area contributed by atoms with Crippen molar-refractivity contribution >= 4 is 0 Å². The molecule has 0 spiro atoms.